The molecule has 0 aliphatic heterocycles. The van der Waals surface area contributed by atoms with Gasteiger partial charge in [0.1, 0.15) is 23.0 Å². The van der Waals surface area contributed by atoms with Gasteiger partial charge in [-0.1, -0.05) is 6.07 Å². The molecule has 8 nitrogen and oxygen atoms in total. The predicted octanol–water partition coefficient (Wildman–Crippen LogP) is 2.64. The number of nitro benzene ring substituents is 1. The topological polar surface area (TPSA) is 125 Å². The maximum Gasteiger partial charge on any atom is 0.339 e. The Hall–Kier alpha value is -3.56. The van der Waals surface area contributed by atoms with Crippen LogP contribution in [-0.2, 0) is 9.53 Å². The lowest BCUT2D eigenvalue weighted by Gasteiger charge is -2.14. The first kappa shape index (κ1) is 18.8. The Labute approximate surface area is 145 Å². The van der Waals surface area contributed by atoms with E-state index in [9.17, 15) is 28.5 Å². The Morgan fingerprint density at radius 1 is 1.23 bits per heavy atom. The zero-order valence-corrected chi connectivity index (χ0v) is 13.4. The van der Waals surface area contributed by atoms with Crippen LogP contribution < -0.4 is 11.1 Å². The number of hydrogen-bond acceptors (Lipinski definition) is 6. The van der Waals surface area contributed by atoms with E-state index in [4.69, 9.17) is 10.5 Å². The van der Waals surface area contributed by atoms with Crippen molar-refractivity contribution in [2.45, 2.75) is 13.0 Å². The highest BCUT2D eigenvalue weighted by molar-refractivity contribution is 5.98. The molecule has 0 aliphatic rings. The highest BCUT2D eigenvalue weighted by Crippen LogP contribution is 2.23. The van der Waals surface area contributed by atoms with Crippen LogP contribution in [0.25, 0.3) is 0 Å². The molecule has 136 valence electrons. The summed E-state index contributed by atoms with van der Waals surface area (Å²) < 4.78 is 31.9. The number of halogens is 2. The zero-order valence-electron chi connectivity index (χ0n) is 13.4. The summed E-state index contributed by atoms with van der Waals surface area (Å²) in [5.41, 5.74) is 3.90. The van der Waals surface area contributed by atoms with E-state index in [1.54, 1.807) is 0 Å². The summed E-state index contributed by atoms with van der Waals surface area (Å²) in [4.78, 5) is 34.0. The van der Waals surface area contributed by atoms with Crippen LogP contribution in [0.3, 0.4) is 0 Å². The predicted molar refractivity (Wildman–Crippen MR) is 87.4 cm³/mol. The standard InChI is InChI=1S/C16H13F2N3O5/c1-8(15(22)20-14-10(17)3-2-4-11(14)18)26-16(23)9-5-6-12(19)13(7-9)21(24)25/h2-8H,19H2,1H3,(H,20,22). The van der Waals surface area contributed by atoms with Crippen molar-refractivity contribution < 1.29 is 28.0 Å². The first-order valence-corrected chi connectivity index (χ1v) is 7.20. The van der Waals surface area contributed by atoms with Crippen LogP contribution in [-0.4, -0.2) is 22.9 Å². The number of nitrogens with zero attached hydrogens (tertiary/aromatic N) is 1. The van der Waals surface area contributed by atoms with Gasteiger partial charge in [-0.25, -0.2) is 13.6 Å². The largest absolute Gasteiger partial charge is 0.449 e. The molecule has 3 N–H and O–H groups in total. The number of ether oxygens (including phenoxy) is 1. The summed E-state index contributed by atoms with van der Waals surface area (Å²) in [5, 5.41) is 12.8. The van der Waals surface area contributed by atoms with Gasteiger partial charge in [0.2, 0.25) is 0 Å². The second-order valence-corrected chi connectivity index (χ2v) is 5.16. The van der Waals surface area contributed by atoms with E-state index in [1.165, 1.54) is 13.0 Å². The van der Waals surface area contributed by atoms with Crippen molar-refractivity contribution >= 4 is 28.9 Å². The van der Waals surface area contributed by atoms with Crippen LogP contribution >= 0.6 is 0 Å². The molecule has 0 fully saturated rings. The van der Waals surface area contributed by atoms with E-state index in [-0.39, 0.29) is 11.3 Å². The SMILES string of the molecule is CC(OC(=O)c1ccc(N)c([N+](=O)[O-])c1)C(=O)Nc1c(F)cccc1F. The van der Waals surface area contributed by atoms with E-state index in [0.29, 0.717) is 0 Å². The molecule has 26 heavy (non-hydrogen) atoms. The second-order valence-electron chi connectivity index (χ2n) is 5.16. The summed E-state index contributed by atoms with van der Waals surface area (Å²) >= 11 is 0. The molecular formula is C16H13F2N3O5. The average molecular weight is 365 g/mol. The Balaban J connectivity index is 2.10. The van der Waals surface area contributed by atoms with Crippen molar-refractivity contribution in [1.29, 1.82) is 0 Å². The fraction of sp³-hybridized carbons (Fsp3) is 0.125. The molecule has 1 atom stereocenters. The molecule has 2 aromatic rings. The quantitative estimate of drug-likeness (QED) is 0.363. The van der Waals surface area contributed by atoms with Crippen molar-refractivity contribution in [3.05, 3.63) is 63.7 Å². The van der Waals surface area contributed by atoms with E-state index < -0.39 is 45.9 Å². The number of rotatable bonds is 5. The number of nitro groups is 1. The van der Waals surface area contributed by atoms with E-state index in [2.05, 4.69) is 0 Å². The van der Waals surface area contributed by atoms with Crippen LogP contribution in [0.5, 0.6) is 0 Å². The van der Waals surface area contributed by atoms with Crippen molar-refractivity contribution in [3.63, 3.8) is 0 Å². The van der Waals surface area contributed by atoms with Gasteiger partial charge in [-0.2, -0.15) is 0 Å². The molecule has 0 aliphatic carbocycles. The van der Waals surface area contributed by atoms with Gasteiger partial charge < -0.3 is 15.8 Å². The molecule has 1 amide bonds. The number of para-hydroxylation sites is 1. The lowest BCUT2D eigenvalue weighted by molar-refractivity contribution is -0.383. The van der Waals surface area contributed by atoms with E-state index in [1.807, 2.05) is 5.32 Å². The van der Waals surface area contributed by atoms with Gasteiger partial charge in [-0.15, -0.1) is 0 Å². The lowest BCUT2D eigenvalue weighted by Crippen LogP contribution is -2.30. The fourth-order valence-corrected chi connectivity index (χ4v) is 1.95. The van der Waals surface area contributed by atoms with Gasteiger partial charge in [0.05, 0.1) is 10.5 Å². The number of amides is 1. The molecule has 0 saturated heterocycles. The van der Waals surface area contributed by atoms with Gasteiger partial charge in [0.15, 0.2) is 6.10 Å². The van der Waals surface area contributed by atoms with Crippen molar-refractivity contribution in [2.24, 2.45) is 0 Å². The minimum absolute atomic E-state index is 0.146. The minimum atomic E-state index is -1.42. The molecule has 0 spiro atoms. The third-order valence-corrected chi connectivity index (χ3v) is 3.33. The van der Waals surface area contributed by atoms with Crippen molar-refractivity contribution in [2.75, 3.05) is 11.1 Å². The first-order valence-electron chi connectivity index (χ1n) is 7.20. The monoisotopic (exact) mass is 365 g/mol. The molecule has 0 bridgehead atoms. The molecule has 0 heterocycles. The third kappa shape index (κ3) is 4.09. The van der Waals surface area contributed by atoms with Crippen LogP contribution in [0.4, 0.5) is 25.8 Å². The van der Waals surface area contributed by atoms with E-state index >= 15 is 0 Å². The second kappa shape index (κ2) is 7.55. The summed E-state index contributed by atoms with van der Waals surface area (Å²) in [5.74, 6) is -4.01. The lowest BCUT2D eigenvalue weighted by atomic mass is 10.2. The third-order valence-electron chi connectivity index (χ3n) is 3.33. The van der Waals surface area contributed by atoms with Crippen LogP contribution in [0.1, 0.15) is 17.3 Å². The summed E-state index contributed by atoms with van der Waals surface area (Å²) in [7, 11) is 0. The molecule has 0 saturated carbocycles. The number of carbonyl (C=O) groups is 2. The van der Waals surface area contributed by atoms with E-state index in [0.717, 1.165) is 30.3 Å². The van der Waals surface area contributed by atoms with Crippen molar-refractivity contribution in [1.82, 2.24) is 0 Å². The fourth-order valence-electron chi connectivity index (χ4n) is 1.95. The van der Waals surface area contributed by atoms with Gasteiger partial charge in [0, 0.05) is 6.07 Å². The molecule has 0 aromatic heterocycles. The molecule has 2 rings (SSSR count). The molecule has 10 heteroatoms. The number of anilines is 2. The first-order chi connectivity index (χ1) is 12.2. The normalized spacial score (nSPS) is 11.5. The molecule has 2 aromatic carbocycles. The number of hydrogen-bond donors (Lipinski definition) is 2. The van der Waals surface area contributed by atoms with Crippen LogP contribution in [0, 0.1) is 21.7 Å². The minimum Gasteiger partial charge on any atom is -0.449 e. The van der Waals surface area contributed by atoms with Crippen LogP contribution in [0.15, 0.2) is 36.4 Å². The number of nitrogens with two attached hydrogens (primary N) is 1. The Morgan fingerprint density at radius 2 is 1.85 bits per heavy atom. The molecular weight excluding hydrogens is 352 g/mol. The Morgan fingerprint density at radius 3 is 2.42 bits per heavy atom. The van der Waals surface area contributed by atoms with Crippen LogP contribution in [0.2, 0.25) is 0 Å². The summed E-state index contributed by atoms with van der Waals surface area (Å²) in [6.07, 6.45) is -1.42. The highest BCUT2D eigenvalue weighted by Gasteiger charge is 2.23. The maximum absolute atomic E-state index is 13.5. The van der Waals surface area contributed by atoms with Gasteiger partial charge in [-0.05, 0) is 31.2 Å². The molecule has 0 radical (unpaired) electrons. The Kier molecular flexibility index (Phi) is 5.45. The Bertz CT molecular complexity index is 868. The number of benzene rings is 2. The van der Waals surface area contributed by atoms with Gasteiger partial charge in [-0.3, -0.25) is 14.9 Å². The molecule has 1 unspecified atom stereocenters. The highest BCUT2D eigenvalue weighted by atomic mass is 19.1. The zero-order chi connectivity index (χ0) is 19.4. The number of nitrogen functional groups attached to an aromatic ring is 1. The van der Waals surface area contributed by atoms with Gasteiger partial charge in [0.25, 0.3) is 11.6 Å². The number of esters is 1. The number of nitrogens with one attached hydrogen (secondary N) is 1. The average Bonchev–Trinajstić information content (AvgIpc) is 2.58. The number of carbonyl (C=O) groups excluding carboxylic acids is 2. The summed E-state index contributed by atoms with van der Waals surface area (Å²) in [6, 6.07) is 6.25. The smallest absolute Gasteiger partial charge is 0.339 e. The van der Waals surface area contributed by atoms with Gasteiger partial charge >= 0.3 is 5.97 Å². The summed E-state index contributed by atoms with van der Waals surface area (Å²) in [6.45, 7) is 1.18. The van der Waals surface area contributed by atoms with Crippen molar-refractivity contribution in [3.8, 4) is 0 Å². The maximum atomic E-state index is 13.5.